The zero-order valence-electron chi connectivity index (χ0n) is 16.5. The second-order valence-electron chi connectivity index (χ2n) is 7.45. The first-order valence-corrected chi connectivity index (χ1v) is 9.64. The van der Waals surface area contributed by atoms with Crippen LogP contribution in [0.25, 0.3) is 0 Å². The number of nitrogens with one attached hydrogen (secondary N) is 2. The van der Waals surface area contributed by atoms with Crippen molar-refractivity contribution in [3.63, 3.8) is 0 Å². The van der Waals surface area contributed by atoms with Gasteiger partial charge in [0.25, 0.3) is 0 Å². The van der Waals surface area contributed by atoms with Crippen molar-refractivity contribution in [2.75, 3.05) is 38.5 Å². The number of carbonyl (C=O) groups excluding carboxylic acids is 1. The summed E-state index contributed by atoms with van der Waals surface area (Å²) in [5, 5.41) is 6.10. The van der Waals surface area contributed by atoms with E-state index < -0.39 is 0 Å². The number of aryl methyl sites for hydroxylation is 1. The fourth-order valence-corrected chi connectivity index (χ4v) is 3.74. The van der Waals surface area contributed by atoms with Crippen LogP contribution in [-0.2, 0) is 0 Å². The number of carbonyl (C=O) groups is 1. The van der Waals surface area contributed by atoms with Gasteiger partial charge >= 0.3 is 6.03 Å². The highest BCUT2D eigenvalue weighted by Crippen LogP contribution is 2.25. The number of urea groups is 1. The van der Waals surface area contributed by atoms with Crippen molar-refractivity contribution in [1.29, 1.82) is 0 Å². The first-order chi connectivity index (χ1) is 13.0. The molecule has 27 heavy (non-hydrogen) atoms. The molecule has 5 nitrogen and oxygen atoms in total. The number of likely N-dealkylation sites (N-methyl/N-ethyl adjacent to an activating group) is 1. The van der Waals surface area contributed by atoms with Crippen LogP contribution in [-0.4, -0.2) is 55.1 Å². The highest BCUT2D eigenvalue weighted by molar-refractivity contribution is 5.89. The third-order valence-corrected chi connectivity index (χ3v) is 5.18. The molecule has 1 saturated heterocycles. The Morgan fingerprint density at radius 1 is 1.00 bits per heavy atom. The predicted molar refractivity (Wildman–Crippen MR) is 111 cm³/mol. The van der Waals surface area contributed by atoms with Gasteiger partial charge in [-0.25, -0.2) is 4.79 Å². The van der Waals surface area contributed by atoms with Crippen LogP contribution >= 0.6 is 0 Å². The number of rotatable bonds is 5. The second-order valence-corrected chi connectivity index (χ2v) is 7.45. The summed E-state index contributed by atoms with van der Waals surface area (Å²) < 4.78 is 0. The minimum Gasteiger partial charge on any atom is -0.333 e. The monoisotopic (exact) mass is 366 g/mol. The maximum atomic E-state index is 12.6. The van der Waals surface area contributed by atoms with Crippen molar-refractivity contribution in [3.05, 3.63) is 65.7 Å². The third kappa shape index (κ3) is 5.31. The van der Waals surface area contributed by atoms with Crippen LogP contribution in [0.1, 0.15) is 24.1 Å². The van der Waals surface area contributed by atoms with Crippen molar-refractivity contribution >= 4 is 11.7 Å². The van der Waals surface area contributed by atoms with Gasteiger partial charge in [0.1, 0.15) is 0 Å². The quantitative estimate of drug-likeness (QED) is 0.851. The SMILES string of the molecule is Cc1cccc(NC(=O)N[C@@H](C)[C@@H](c2ccccc2)N2CCN(C)CC2)c1. The summed E-state index contributed by atoms with van der Waals surface area (Å²) in [7, 11) is 2.16. The van der Waals surface area contributed by atoms with E-state index in [9.17, 15) is 4.79 Å². The molecule has 0 aromatic heterocycles. The highest BCUT2D eigenvalue weighted by Gasteiger charge is 2.29. The Labute approximate surface area is 162 Å². The van der Waals surface area contributed by atoms with Gasteiger partial charge in [-0.3, -0.25) is 4.90 Å². The van der Waals surface area contributed by atoms with E-state index in [0.29, 0.717) is 0 Å². The zero-order valence-corrected chi connectivity index (χ0v) is 16.5. The summed E-state index contributed by atoms with van der Waals surface area (Å²) in [6.07, 6.45) is 0. The number of benzene rings is 2. The molecule has 5 heteroatoms. The lowest BCUT2D eigenvalue weighted by Gasteiger charge is -2.41. The summed E-state index contributed by atoms with van der Waals surface area (Å²) >= 11 is 0. The molecule has 1 aliphatic heterocycles. The van der Waals surface area contributed by atoms with E-state index in [1.807, 2.05) is 37.3 Å². The molecule has 2 aromatic rings. The molecule has 144 valence electrons. The van der Waals surface area contributed by atoms with Crippen LogP contribution in [0, 0.1) is 6.92 Å². The van der Waals surface area contributed by atoms with Crippen LogP contribution in [0.3, 0.4) is 0 Å². The van der Waals surface area contributed by atoms with E-state index in [4.69, 9.17) is 0 Å². The first-order valence-electron chi connectivity index (χ1n) is 9.64. The van der Waals surface area contributed by atoms with E-state index in [1.165, 1.54) is 5.56 Å². The molecular weight excluding hydrogens is 336 g/mol. The van der Waals surface area contributed by atoms with Gasteiger partial charge in [0.2, 0.25) is 0 Å². The number of hydrogen-bond acceptors (Lipinski definition) is 3. The van der Waals surface area contributed by atoms with Crippen molar-refractivity contribution in [3.8, 4) is 0 Å². The standard InChI is InChI=1S/C22H30N4O/c1-17-8-7-11-20(16-17)24-22(27)23-18(2)21(19-9-5-4-6-10-19)26-14-12-25(3)13-15-26/h4-11,16,18,21H,12-15H2,1-3H3,(H2,23,24,27)/t18-,21-/m0/s1. The molecule has 0 unspecified atom stereocenters. The van der Waals surface area contributed by atoms with Gasteiger partial charge in [-0.2, -0.15) is 0 Å². The smallest absolute Gasteiger partial charge is 0.319 e. The maximum absolute atomic E-state index is 12.6. The summed E-state index contributed by atoms with van der Waals surface area (Å²) in [6.45, 7) is 8.20. The minimum absolute atomic E-state index is 0.0133. The lowest BCUT2D eigenvalue weighted by molar-refractivity contribution is 0.0954. The number of hydrogen-bond donors (Lipinski definition) is 2. The first kappa shape index (κ1) is 19.4. The van der Waals surface area contributed by atoms with Gasteiger partial charge in [0, 0.05) is 37.9 Å². The van der Waals surface area contributed by atoms with Crippen LogP contribution in [0.15, 0.2) is 54.6 Å². The highest BCUT2D eigenvalue weighted by atomic mass is 16.2. The molecule has 0 spiro atoms. The number of nitrogens with zero attached hydrogens (tertiary/aromatic N) is 2. The minimum atomic E-state index is -0.164. The van der Waals surface area contributed by atoms with Gasteiger partial charge in [0.05, 0.1) is 6.04 Å². The molecule has 2 N–H and O–H groups in total. The Bertz CT molecular complexity index is 741. The largest absolute Gasteiger partial charge is 0.333 e. The van der Waals surface area contributed by atoms with Crippen molar-refractivity contribution in [2.45, 2.75) is 25.9 Å². The average Bonchev–Trinajstić information content (AvgIpc) is 2.64. The molecule has 2 aromatic carbocycles. The molecule has 0 saturated carbocycles. The van der Waals surface area contributed by atoms with Gasteiger partial charge in [-0.15, -0.1) is 0 Å². The Hall–Kier alpha value is -2.37. The summed E-state index contributed by atoms with van der Waals surface area (Å²) in [6, 6.07) is 18.3. The molecule has 0 aliphatic carbocycles. The van der Waals surface area contributed by atoms with Crippen molar-refractivity contribution < 1.29 is 4.79 Å². The third-order valence-electron chi connectivity index (χ3n) is 5.18. The summed E-state index contributed by atoms with van der Waals surface area (Å²) in [5.74, 6) is 0. The van der Waals surface area contributed by atoms with Gasteiger partial charge < -0.3 is 15.5 Å². The average molecular weight is 367 g/mol. The normalized spacial score (nSPS) is 17.9. The lowest BCUT2D eigenvalue weighted by Crippen LogP contribution is -2.52. The van der Waals surface area contributed by atoms with Gasteiger partial charge in [-0.1, -0.05) is 42.5 Å². The molecule has 2 amide bonds. The van der Waals surface area contributed by atoms with E-state index in [1.54, 1.807) is 0 Å². The van der Waals surface area contributed by atoms with Gasteiger partial charge in [-0.05, 0) is 44.2 Å². The molecule has 1 aliphatic rings. The van der Waals surface area contributed by atoms with Crippen molar-refractivity contribution in [2.24, 2.45) is 0 Å². The van der Waals surface area contributed by atoms with E-state index >= 15 is 0 Å². The van der Waals surface area contributed by atoms with Crippen molar-refractivity contribution in [1.82, 2.24) is 15.1 Å². The lowest BCUT2D eigenvalue weighted by atomic mass is 9.98. The van der Waals surface area contributed by atoms with Crippen LogP contribution in [0.5, 0.6) is 0 Å². The Balaban J connectivity index is 1.70. The zero-order chi connectivity index (χ0) is 19.2. The predicted octanol–water partition coefficient (Wildman–Crippen LogP) is 3.49. The Morgan fingerprint density at radius 2 is 1.70 bits per heavy atom. The molecule has 0 bridgehead atoms. The van der Waals surface area contributed by atoms with Crippen LogP contribution in [0.4, 0.5) is 10.5 Å². The molecule has 1 fully saturated rings. The van der Waals surface area contributed by atoms with Crippen LogP contribution < -0.4 is 10.6 Å². The van der Waals surface area contributed by atoms with E-state index in [2.05, 4.69) is 58.7 Å². The van der Waals surface area contributed by atoms with Gasteiger partial charge in [0.15, 0.2) is 0 Å². The van der Waals surface area contributed by atoms with Crippen LogP contribution in [0.2, 0.25) is 0 Å². The fraction of sp³-hybridized carbons (Fsp3) is 0.409. The molecule has 0 radical (unpaired) electrons. The van der Waals surface area contributed by atoms with E-state index in [-0.39, 0.29) is 18.1 Å². The fourth-order valence-electron chi connectivity index (χ4n) is 3.74. The molecular formula is C22H30N4O. The number of piperazine rings is 1. The molecule has 2 atom stereocenters. The Morgan fingerprint density at radius 3 is 2.37 bits per heavy atom. The summed E-state index contributed by atoms with van der Waals surface area (Å²) in [4.78, 5) is 17.4. The second kappa shape index (κ2) is 9.02. The topological polar surface area (TPSA) is 47.6 Å². The Kier molecular flexibility index (Phi) is 6.48. The number of amides is 2. The maximum Gasteiger partial charge on any atom is 0.319 e. The molecule has 1 heterocycles. The van der Waals surface area contributed by atoms with E-state index in [0.717, 1.165) is 37.4 Å². The number of anilines is 1. The summed E-state index contributed by atoms with van der Waals surface area (Å²) in [5.41, 5.74) is 3.18. The molecule has 3 rings (SSSR count).